The molecule has 0 aliphatic rings. The molecule has 1 aromatic rings. The topological polar surface area (TPSA) is 66.7 Å². The summed E-state index contributed by atoms with van der Waals surface area (Å²) >= 11 is 0. The maximum absolute atomic E-state index is 5.76. The van der Waals surface area contributed by atoms with Crippen molar-refractivity contribution in [1.82, 2.24) is 9.97 Å². The molecule has 0 aliphatic carbocycles. The van der Waals surface area contributed by atoms with Gasteiger partial charge in [-0.1, -0.05) is 20.8 Å². The zero-order valence-electron chi connectivity index (χ0n) is 9.39. The zero-order valence-corrected chi connectivity index (χ0v) is 9.39. The molecule has 80 valence electrons. The van der Waals surface area contributed by atoms with E-state index in [1.54, 1.807) is 0 Å². The summed E-state index contributed by atoms with van der Waals surface area (Å²) in [5.74, 6) is 2.84. The van der Waals surface area contributed by atoms with Crippen molar-refractivity contribution in [2.24, 2.45) is 5.92 Å². The van der Waals surface area contributed by atoms with Crippen LogP contribution in [0.2, 0.25) is 0 Å². The van der Waals surface area contributed by atoms with E-state index in [9.17, 15) is 0 Å². The molecule has 1 rings (SSSR count). The van der Waals surface area contributed by atoms with Crippen LogP contribution in [0.3, 0.4) is 0 Å². The lowest BCUT2D eigenvalue weighted by atomic mass is 10.0. The van der Waals surface area contributed by atoms with Gasteiger partial charge in [-0.25, -0.2) is 4.98 Å². The van der Waals surface area contributed by atoms with Crippen LogP contribution >= 0.6 is 0 Å². The van der Waals surface area contributed by atoms with E-state index in [4.69, 9.17) is 5.73 Å². The van der Waals surface area contributed by atoms with E-state index >= 15 is 0 Å². The van der Waals surface area contributed by atoms with Crippen LogP contribution in [-0.4, -0.2) is 16.0 Å². The van der Waals surface area contributed by atoms with Crippen LogP contribution < -0.4 is 11.1 Å². The number of nitrogens with two attached hydrogens (primary N) is 1. The summed E-state index contributed by atoms with van der Waals surface area (Å²) in [5.41, 5.74) is 5.76. The highest BCUT2D eigenvalue weighted by molar-refractivity contribution is 5.57. The Morgan fingerprint density at radius 2 is 2.14 bits per heavy atom. The maximum Gasteiger partial charge on any atom is 0.168 e. The Hall–Kier alpha value is -1.19. The minimum atomic E-state index is 0.431. The van der Waals surface area contributed by atoms with Crippen LogP contribution in [0.5, 0.6) is 0 Å². The second kappa shape index (κ2) is 4.35. The second-order valence-corrected chi connectivity index (χ2v) is 3.99. The van der Waals surface area contributed by atoms with Crippen molar-refractivity contribution in [1.29, 1.82) is 0 Å². The van der Waals surface area contributed by atoms with Gasteiger partial charge in [0.2, 0.25) is 0 Å². The van der Waals surface area contributed by atoms with Crippen LogP contribution in [0.25, 0.3) is 0 Å². The minimum absolute atomic E-state index is 0.431. The third kappa shape index (κ3) is 2.40. The van der Waals surface area contributed by atoms with Gasteiger partial charge in [0.25, 0.3) is 0 Å². The SMILES string of the molecule is CCC(Nc1nc(C)[nH]c1N)C(C)C. The van der Waals surface area contributed by atoms with E-state index < -0.39 is 0 Å². The molecule has 4 N–H and O–H groups in total. The van der Waals surface area contributed by atoms with E-state index in [-0.39, 0.29) is 0 Å². The quantitative estimate of drug-likeness (QED) is 0.691. The first-order valence-electron chi connectivity index (χ1n) is 5.13. The van der Waals surface area contributed by atoms with Crippen molar-refractivity contribution < 1.29 is 0 Å². The lowest BCUT2D eigenvalue weighted by Gasteiger charge is -2.20. The molecule has 4 nitrogen and oxygen atoms in total. The Balaban J connectivity index is 2.71. The fraction of sp³-hybridized carbons (Fsp3) is 0.700. The standard InChI is InChI=1S/C10H20N4/c1-5-8(6(2)3)14-10-9(11)12-7(4)13-10/h6,8,14H,5,11H2,1-4H3,(H,12,13). The molecule has 0 fully saturated rings. The van der Waals surface area contributed by atoms with E-state index in [1.807, 2.05) is 6.92 Å². The van der Waals surface area contributed by atoms with Gasteiger partial charge in [0.1, 0.15) is 11.6 Å². The monoisotopic (exact) mass is 196 g/mol. The molecule has 0 aromatic carbocycles. The highest BCUT2D eigenvalue weighted by atomic mass is 15.1. The van der Waals surface area contributed by atoms with Crippen molar-refractivity contribution in [3.63, 3.8) is 0 Å². The number of hydrogen-bond acceptors (Lipinski definition) is 3. The minimum Gasteiger partial charge on any atom is -0.382 e. The normalized spacial score (nSPS) is 13.2. The van der Waals surface area contributed by atoms with Gasteiger partial charge in [0.15, 0.2) is 5.82 Å². The van der Waals surface area contributed by atoms with Gasteiger partial charge >= 0.3 is 0 Å². The number of nitrogen functional groups attached to an aromatic ring is 1. The molecular weight excluding hydrogens is 176 g/mol. The Morgan fingerprint density at radius 3 is 2.50 bits per heavy atom. The molecule has 0 saturated carbocycles. The Labute approximate surface area is 85.3 Å². The summed E-state index contributed by atoms with van der Waals surface area (Å²) in [6.45, 7) is 8.44. The molecule has 1 unspecified atom stereocenters. The smallest absolute Gasteiger partial charge is 0.168 e. The molecule has 1 atom stereocenters. The summed E-state index contributed by atoms with van der Waals surface area (Å²) in [6, 6.07) is 0.431. The number of nitrogens with one attached hydrogen (secondary N) is 2. The number of anilines is 2. The Kier molecular flexibility index (Phi) is 3.38. The van der Waals surface area contributed by atoms with E-state index in [0.29, 0.717) is 17.8 Å². The summed E-state index contributed by atoms with van der Waals surface area (Å²) in [5, 5.41) is 3.35. The first kappa shape index (κ1) is 10.9. The molecule has 1 heterocycles. The highest BCUT2D eigenvalue weighted by Gasteiger charge is 2.13. The fourth-order valence-electron chi connectivity index (χ4n) is 1.54. The first-order valence-corrected chi connectivity index (χ1v) is 5.13. The molecule has 1 aromatic heterocycles. The summed E-state index contributed by atoms with van der Waals surface area (Å²) in [4.78, 5) is 7.27. The number of rotatable bonds is 4. The number of nitrogens with zero attached hydrogens (tertiary/aromatic N) is 1. The summed E-state index contributed by atoms with van der Waals surface area (Å²) in [6.07, 6.45) is 1.07. The predicted octanol–water partition coefficient (Wildman–Crippen LogP) is 2.15. The third-order valence-electron chi connectivity index (χ3n) is 2.42. The molecule has 0 bridgehead atoms. The van der Waals surface area contributed by atoms with Gasteiger partial charge in [0.05, 0.1) is 0 Å². The van der Waals surface area contributed by atoms with Crippen molar-refractivity contribution in [3.8, 4) is 0 Å². The van der Waals surface area contributed by atoms with E-state index in [2.05, 4.69) is 36.1 Å². The first-order chi connectivity index (χ1) is 6.54. The molecular formula is C10H20N4. The average Bonchev–Trinajstić information content (AvgIpc) is 2.40. The van der Waals surface area contributed by atoms with Gasteiger partial charge in [-0.2, -0.15) is 0 Å². The Morgan fingerprint density at radius 1 is 1.50 bits per heavy atom. The van der Waals surface area contributed by atoms with Gasteiger partial charge in [-0.05, 0) is 19.3 Å². The van der Waals surface area contributed by atoms with E-state index in [1.165, 1.54) is 0 Å². The number of hydrogen-bond donors (Lipinski definition) is 3. The van der Waals surface area contributed by atoms with Crippen LogP contribution in [0.1, 0.15) is 33.0 Å². The van der Waals surface area contributed by atoms with Crippen LogP contribution in [0.15, 0.2) is 0 Å². The zero-order chi connectivity index (χ0) is 10.7. The number of H-pyrrole nitrogens is 1. The molecule has 0 amide bonds. The number of aromatic nitrogens is 2. The molecule has 14 heavy (non-hydrogen) atoms. The van der Waals surface area contributed by atoms with E-state index in [0.717, 1.165) is 18.1 Å². The van der Waals surface area contributed by atoms with Gasteiger partial charge in [0, 0.05) is 6.04 Å². The molecule has 0 radical (unpaired) electrons. The number of imidazole rings is 1. The molecule has 0 spiro atoms. The van der Waals surface area contributed by atoms with Gasteiger partial charge in [-0.3, -0.25) is 0 Å². The van der Waals surface area contributed by atoms with Crippen LogP contribution in [0, 0.1) is 12.8 Å². The number of aromatic amines is 1. The molecule has 0 aliphatic heterocycles. The summed E-state index contributed by atoms with van der Waals surface area (Å²) < 4.78 is 0. The molecule has 0 saturated heterocycles. The maximum atomic E-state index is 5.76. The third-order valence-corrected chi connectivity index (χ3v) is 2.42. The van der Waals surface area contributed by atoms with Crippen LogP contribution in [-0.2, 0) is 0 Å². The predicted molar refractivity (Wildman–Crippen MR) is 60.3 cm³/mol. The van der Waals surface area contributed by atoms with Crippen molar-refractivity contribution >= 4 is 11.6 Å². The molecule has 4 heteroatoms. The fourth-order valence-corrected chi connectivity index (χ4v) is 1.54. The van der Waals surface area contributed by atoms with Gasteiger partial charge in [-0.15, -0.1) is 0 Å². The average molecular weight is 196 g/mol. The van der Waals surface area contributed by atoms with Crippen molar-refractivity contribution in [2.75, 3.05) is 11.1 Å². The summed E-state index contributed by atoms with van der Waals surface area (Å²) in [7, 11) is 0. The van der Waals surface area contributed by atoms with Gasteiger partial charge < -0.3 is 16.0 Å². The largest absolute Gasteiger partial charge is 0.382 e. The highest BCUT2D eigenvalue weighted by Crippen LogP contribution is 2.18. The van der Waals surface area contributed by atoms with Crippen LogP contribution in [0.4, 0.5) is 11.6 Å². The Bertz CT molecular complexity index is 290. The van der Waals surface area contributed by atoms with Crippen molar-refractivity contribution in [2.45, 2.75) is 40.2 Å². The second-order valence-electron chi connectivity index (χ2n) is 3.99. The lowest BCUT2D eigenvalue weighted by Crippen LogP contribution is -2.25. The van der Waals surface area contributed by atoms with Crippen molar-refractivity contribution in [3.05, 3.63) is 5.82 Å². The lowest BCUT2D eigenvalue weighted by molar-refractivity contribution is 0.510. The number of aryl methyl sites for hydroxylation is 1.